The molecule has 0 aromatic heterocycles. The van der Waals surface area contributed by atoms with E-state index >= 15 is 0 Å². The average Bonchev–Trinajstić information content (AvgIpc) is 2.26. The van der Waals surface area contributed by atoms with Crippen LogP contribution in [0.3, 0.4) is 0 Å². The molecule has 84 valence electrons. The summed E-state index contributed by atoms with van der Waals surface area (Å²) in [5.74, 6) is -0.155. The van der Waals surface area contributed by atoms with Crippen molar-refractivity contribution in [2.75, 3.05) is 13.7 Å². The van der Waals surface area contributed by atoms with Gasteiger partial charge in [-0.2, -0.15) is 0 Å². The van der Waals surface area contributed by atoms with E-state index in [-0.39, 0.29) is 17.7 Å². The van der Waals surface area contributed by atoms with E-state index in [1.54, 1.807) is 19.2 Å². The van der Waals surface area contributed by atoms with E-state index in [9.17, 15) is 4.39 Å². The number of ether oxygens (including phenoxy) is 2. The molecule has 3 nitrogen and oxygen atoms in total. The van der Waals surface area contributed by atoms with Crippen LogP contribution in [0.25, 0.3) is 0 Å². The third-order valence-corrected chi connectivity index (χ3v) is 2.11. The third-order valence-electron chi connectivity index (χ3n) is 2.11. The predicted octanol–water partition coefficient (Wildman–Crippen LogP) is 1.70. The number of rotatable bonds is 5. The van der Waals surface area contributed by atoms with Gasteiger partial charge in [0.2, 0.25) is 0 Å². The molecule has 0 aliphatic heterocycles. The summed E-state index contributed by atoms with van der Waals surface area (Å²) < 4.78 is 23.6. The molecule has 2 N–H and O–H groups in total. The highest BCUT2D eigenvalue weighted by Crippen LogP contribution is 2.18. The van der Waals surface area contributed by atoms with Crippen molar-refractivity contribution in [1.29, 1.82) is 0 Å². The lowest BCUT2D eigenvalue weighted by Gasteiger charge is -2.12. The van der Waals surface area contributed by atoms with Crippen molar-refractivity contribution in [3.8, 4) is 5.75 Å². The molecule has 0 fully saturated rings. The monoisotopic (exact) mass is 213 g/mol. The molecule has 1 unspecified atom stereocenters. The van der Waals surface area contributed by atoms with E-state index in [2.05, 4.69) is 0 Å². The summed E-state index contributed by atoms with van der Waals surface area (Å²) in [6.45, 7) is 2.51. The molecule has 1 atom stereocenters. The van der Waals surface area contributed by atoms with E-state index in [0.29, 0.717) is 13.2 Å². The summed E-state index contributed by atoms with van der Waals surface area (Å²) in [4.78, 5) is 0. The zero-order valence-electron chi connectivity index (χ0n) is 9.00. The number of hydrogen-bond acceptors (Lipinski definition) is 3. The number of halogens is 1. The second kappa shape index (κ2) is 5.68. The maximum atomic E-state index is 13.4. The second-order valence-electron chi connectivity index (χ2n) is 3.33. The van der Waals surface area contributed by atoms with Crippen LogP contribution >= 0.6 is 0 Å². The number of nitrogens with two attached hydrogens (primary N) is 1. The van der Waals surface area contributed by atoms with Crippen LogP contribution in [0.4, 0.5) is 4.39 Å². The smallest absolute Gasteiger partial charge is 0.165 e. The van der Waals surface area contributed by atoms with Gasteiger partial charge in [-0.1, -0.05) is 6.07 Å². The zero-order chi connectivity index (χ0) is 11.3. The summed E-state index contributed by atoms with van der Waals surface area (Å²) in [5.41, 5.74) is 6.13. The topological polar surface area (TPSA) is 44.5 Å². The van der Waals surface area contributed by atoms with Crippen molar-refractivity contribution in [2.45, 2.75) is 19.6 Å². The molecule has 1 aromatic rings. The molecule has 0 heterocycles. The van der Waals surface area contributed by atoms with Gasteiger partial charge in [0.15, 0.2) is 11.6 Å². The molecule has 15 heavy (non-hydrogen) atoms. The number of benzene rings is 1. The van der Waals surface area contributed by atoms with Gasteiger partial charge in [0, 0.05) is 13.7 Å². The first-order chi connectivity index (χ1) is 7.17. The zero-order valence-corrected chi connectivity index (χ0v) is 9.00. The summed E-state index contributed by atoms with van der Waals surface area (Å²) in [6.07, 6.45) is -0.0569. The van der Waals surface area contributed by atoms with Crippen LogP contribution in [0.15, 0.2) is 18.2 Å². The van der Waals surface area contributed by atoms with Gasteiger partial charge in [0.25, 0.3) is 0 Å². The lowest BCUT2D eigenvalue weighted by Crippen LogP contribution is -2.16. The molecule has 4 heteroatoms. The van der Waals surface area contributed by atoms with Crippen LogP contribution in [0.1, 0.15) is 12.5 Å². The molecule has 0 radical (unpaired) electrons. The Morgan fingerprint density at radius 2 is 2.20 bits per heavy atom. The lowest BCUT2D eigenvalue weighted by atomic mass is 10.2. The van der Waals surface area contributed by atoms with Gasteiger partial charge in [0.1, 0.15) is 6.61 Å². The highest BCUT2D eigenvalue weighted by atomic mass is 19.1. The van der Waals surface area contributed by atoms with Crippen LogP contribution in [0.2, 0.25) is 0 Å². The van der Waals surface area contributed by atoms with Gasteiger partial charge in [0.05, 0.1) is 6.10 Å². The molecule has 0 spiro atoms. The normalized spacial score (nSPS) is 12.5. The van der Waals surface area contributed by atoms with Gasteiger partial charge >= 0.3 is 0 Å². The molecule has 0 saturated heterocycles. The van der Waals surface area contributed by atoms with Crippen LogP contribution < -0.4 is 10.5 Å². The maximum absolute atomic E-state index is 13.4. The fourth-order valence-corrected chi connectivity index (χ4v) is 1.06. The second-order valence-corrected chi connectivity index (χ2v) is 3.33. The summed E-state index contributed by atoms with van der Waals surface area (Å²) in [7, 11) is 1.59. The first-order valence-corrected chi connectivity index (χ1v) is 4.81. The average molecular weight is 213 g/mol. The Balaban J connectivity index is 2.62. The highest BCUT2D eigenvalue weighted by Gasteiger charge is 2.06. The fourth-order valence-electron chi connectivity index (χ4n) is 1.06. The van der Waals surface area contributed by atoms with Crippen LogP contribution in [0.5, 0.6) is 5.75 Å². The van der Waals surface area contributed by atoms with Gasteiger partial charge in [-0.15, -0.1) is 0 Å². The standard InChI is InChI=1S/C11H16FNO2/c1-8(14-2)7-15-11-4-3-9(6-13)5-10(11)12/h3-5,8H,6-7,13H2,1-2H3. The molecular weight excluding hydrogens is 197 g/mol. The Morgan fingerprint density at radius 3 is 2.73 bits per heavy atom. The first kappa shape index (κ1) is 11.9. The minimum atomic E-state index is -0.388. The van der Waals surface area contributed by atoms with Gasteiger partial charge in [-0.25, -0.2) is 4.39 Å². The van der Waals surface area contributed by atoms with Gasteiger partial charge in [-0.05, 0) is 24.6 Å². The minimum Gasteiger partial charge on any atom is -0.488 e. The highest BCUT2D eigenvalue weighted by molar-refractivity contribution is 5.29. The van der Waals surface area contributed by atoms with Crippen LogP contribution in [-0.4, -0.2) is 19.8 Å². The number of hydrogen-bond donors (Lipinski definition) is 1. The molecule has 0 amide bonds. The molecule has 1 rings (SSSR count). The minimum absolute atomic E-state index is 0.0569. The van der Waals surface area contributed by atoms with Gasteiger partial charge in [-0.3, -0.25) is 0 Å². The van der Waals surface area contributed by atoms with E-state index in [4.69, 9.17) is 15.2 Å². The van der Waals surface area contributed by atoms with Crippen LogP contribution in [-0.2, 0) is 11.3 Å². The van der Waals surface area contributed by atoms with Crippen molar-refractivity contribution in [3.05, 3.63) is 29.6 Å². The Labute approximate surface area is 89.0 Å². The first-order valence-electron chi connectivity index (χ1n) is 4.81. The maximum Gasteiger partial charge on any atom is 0.165 e. The summed E-state index contributed by atoms with van der Waals surface area (Å²) in [5, 5.41) is 0. The lowest BCUT2D eigenvalue weighted by molar-refractivity contribution is 0.0702. The number of methoxy groups -OCH3 is 1. The Hall–Kier alpha value is -1.13. The van der Waals surface area contributed by atoms with E-state index in [1.165, 1.54) is 6.07 Å². The van der Waals surface area contributed by atoms with Crippen molar-refractivity contribution in [2.24, 2.45) is 5.73 Å². The van der Waals surface area contributed by atoms with E-state index in [1.807, 2.05) is 6.92 Å². The van der Waals surface area contributed by atoms with Crippen molar-refractivity contribution >= 4 is 0 Å². The van der Waals surface area contributed by atoms with Gasteiger partial charge < -0.3 is 15.2 Å². The largest absolute Gasteiger partial charge is 0.488 e. The molecular formula is C11H16FNO2. The molecule has 0 bridgehead atoms. The molecule has 0 saturated carbocycles. The molecule has 0 aliphatic carbocycles. The molecule has 1 aromatic carbocycles. The van der Waals surface area contributed by atoms with E-state index < -0.39 is 0 Å². The van der Waals surface area contributed by atoms with E-state index in [0.717, 1.165) is 5.56 Å². The Bertz CT molecular complexity index is 317. The SMILES string of the molecule is COC(C)COc1ccc(CN)cc1F. The summed E-state index contributed by atoms with van der Waals surface area (Å²) in [6, 6.07) is 4.71. The third kappa shape index (κ3) is 3.49. The van der Waals surface area contributed by atoms with Crippen LogP contribution in [0, 0.1) is 5.82 Å². The summed E-state index contributed by atoms with van der Waals surface area (Å²) >= 11 is 0. The predicted molar refractivity (Wildman–Crippen MR) is 56.3 cm³/mol. The van der Waals surface area contributed by atoms with Crippen molar-refractivity contribution in [3.63, 3.8) is 0 Å². The van der Waals surface area contributed by atoms with Crippen molar-refractivity contribution in [1.82, 2.24) is 0 Å². The molecule has 0 aliphatic rings. The fraction of sp³-hybridized carbons (Fsp3) is 0.455. The Morgan fingerprint density at radius 1 is 1.47 bits per heavy atom. The quantitative estimate of drug-likeness (QED) is 0.809. The van der Waals surface area contributed by atoms with Crippen molar-refractivity contribution < 1.29 is 13.9 Å². The Kier molecular flexibility index (Phi) is 4.52.